The van der Waals surface area contributed by atoms with Gasteiger partial charge in [-0.3, -0.25) is 9.52 Å². The van der Waals surface area contributed by atoms with E-state index in [1.54, 1.807) is 31.2 Å². The number of ether oxygens (including phenoxy) is 2. The van der Waals surface area contributed by atoms with E-state index >= 15 is 0 Å². The summed E-state index contributed by atoms with van der Waals surface area (Å²) in [6.07, 6.45) is 0.971. The normalized spacial score (nSPS) is 25.0. The van der Waals surface area contributed by atoms with E-state index in [1.165, 1.54) is 6.07 Å². The first-order valence-electron chi connectivity index (χ1n) is 8.87. The summed E-state index contributed by atoms with van der Waals surface area (Å²) < 4.78 is 36.8. The predicted molar refractivity (Wildman–Crippen MR) is 105 cm³/mol. The van der Waals surface area contributed by atoms with E-state index in [2.05, 4.69) is 17.0 Å². The SMILES string of the molecule is CO[C@@H]1CN(C)C(=O)c2ccc(NS(C)(=O)=O)cc2OC[C@H](C)NC[C@@H]1C. The molecule has 0 aliphatic carbocycles. The standard InChI is InChI=1S/C18H29N3O5S/c1-12-9-19-13(2)11-26-16-8-14(20-27(5,23)24)6-7-15(16)18(22)21(3)10-17(12)25-4/h6-8,12-13,17,19-20H,9-11H2,1-5H3/t12-,13-,17+/m0/s1. The van der Waals surface area contributed by atoms with Crippen LogP contribution in [-0.4, -0.2) is 71.5 Å². The Morgan fingerprint density at radius 3 is 2.67 bits per heavy atom. The average molecular weight is 400 g/mol. The zero-order valence-electron chi connectivity index (χ0n) is 16.5. The van der Waals surface area contributed by atoms with Gasteiger partial charge in [-0.2, -0.15) is 0 Å². The molecule has 3 atom stereocenters. The summed E-state index contributed by atoms with van der Waals surface area (Å²) in [6, 6.07) is 4.73. The summed E-state index contributed by atoms with van der Waals surface area (Å²) in [4.78, 5) is 14.5. The largest absolute Gasteiger partial charge is 0.491 e. The minimum atomic E-state index is -3.43. The molecule has 0 aromatic heterocycles. The van der Waals surface area contributed by atoms with Crippen molar-refractivity contribution in [3.8, 4) is 5.75 Å². The molecule has 1 aromatic carbocycles. The summed E-state index contributed by atoms with van der Waals surface area (Å²) in [6.45, 7) is 5.59. The van der Waals surface area contributed by atoms with Gasteiger partial charge in [-0.1, -0.05) is 6.92 Å². The molecule has 9 heteroatoms. The lowest BCUT2D eigenvalue weighted by Crippen LogP contribution is -2.44. The molecule has 152 valence electrons. The molecule has 0 bridgehead atoms. The molecule has 1 aromatic rings. The molecule has 0 saturated carbocycles. The molecule has 0 fully saturated rings. The maximum Gasteiger partial charge on any atom is 0.257 e. The van der Waals surface area contributed by atoms with E-state index in [0.717, 1.165) is 12.8 Å². The highest BCUT2D eigenvalue weighted by Crippen LogP contribution is 2.26. The van der Waals surface area contributed by atoms with Crippen LogP contribution in [0.5, 0.6) is 5.75 Å². The molecular formula is C18H29N3O5S. The first kappa shape index (κ1) is 21.5. The Kier molecular flexibility index (Phi) is 7.07. The smallest absolute Gasteiger partial charge is 0.257 e. The predicted octanol–water partition coefficient (Wildman–Crippen LogP) is 1.15. The molecule has 8 nitrogen and oxygen atoms in total. The molecule has 0 unspecified atom stereocenters. The number of hydrogen-bond acceptors (Lipinski definition) is 6. The summed E-state index contributed by atoms with van der Waals surface area (Å²) in [5, 5.41) is 3.40. The summed E-state index contributed by atoms with van der Waals surface area (Å²) in [7, 11) is -0.0600. The number of rotatable bonds is 3. The fourth-order valence-electron chi connectivity index (χ4n) is 2.93. The molecule has 1 aliphatic rings. The number of nitrogens with zero attached hydrogens (tertiary/aromatic N) is 1. The summed E-state index contributed by atoms with van der Waals surface area (Å²) in [5.74, 6) is 0.357. The van der Waals surface area contributed by atoms with Crippen LogP contribution in [0.1, 0.15) is 24.2 Å². The number of carbonyl (C=O) groups is 1. The third-order valence-electron chi connectivity index (χ3n) is 4.53. The molecular weight excluding hydrogens is 370 g/mol. The van der Waals surface area contributed by atoms with Gasteiger partial charge in [0.1, 0.15) is 12.4 Å². The number of sulfonamides is 1. The van der Waals surface area contributed by atoms with Crippen LogP contribution in [-0.2, 0) is 14.8 Å². The zero-order chi connectivity index (χ0) is 20.2. The van der Waals surface area contributed by atoms with Crippen molar-refractivity contribution in [3.63, 3.8) is 0 Å². The van der Waals surface area contributed by atoms with E-state index in [9.17, 15) is 13.2 Å². The van der Waals surface area contributed by atoms with Gasteiger partial charge in [-0.15, -0.1) is 0 Å². The second kappa shape index (κ2) is 8.90. The van der Waals surface area contributed by atoms with Crippen LogP contribution in [0.4, 0.5) is 5.69 Å². The van der Waals surface area contributed by atoms with E-state index in [-0.39, 0.29) is 24.0 Å². The number of amides is 1. The third kappa shape index (κ3) is 6.08. The Balaban J connectivity index is 2.38. The molecule has 1 aliphatic heterocycles. The van der Waals surface area contributed by atoms with E-state index in [0.29, 0.717) is 30.2 Å². The number of nitrogens with one attached hydrogen (secondary N) is 2. The van der Waals surface area contributed by atoms with E-state index < -0.39 is 10.0 Å². The maximum atomic E-state index is 12.9. The first-order valence-corrected chi connectivity index (χ1v) is 10.8. The number of fused-ring (bicyclic) bond motifs is 1. The van der Waals surface area contributed by atoms with Gasteiger partial charge in [-0.05, 0) is 25.0 Å². The van der Waals surface area contributed by atoms with E-state index in [1.807, 2.05) is 6.92 Å². The monoisotopic (exact) mass is 399 g/mol. The van der Waals surface area contributed by atoms with Gasteiger partial charge in [0, 0.05) is 39.4 Å². The minimum Gasteiger partial charge on any atom is -0.491 e. The Bertz CT molecular complexity index is 768. The van der Waals surface area contributed by atoms with Gasteiger partial charge in [-0.25, -0.2) is 8.42 Å². The van der Waals surface area contributed by atoms with Gasteiger partial charge in [0.2, 0.25) is 10.0 Å². The van der Waals surface area contributed by atoms with Crippen LogP contribution in [0, 0.1) is 5.92 Å². The van der Waals surface area contributed by atoms with Crippen molar-refractivity contribution in [3.05, 3.63) is 23.8 Å². The van der Waals surface area contributed by atoms with Gasteiger partial charge in [0.05, 0.1) is 23.6 Å². The summed E-state index contributed by atoms with van der Waals surface area (Å²) >= 11 is 0. The van der Waals surface area contributed by atoms with Gasteiger partial charge in [0.15, 0.2) is 0 Å². The molecule has 2 rings (SSSR count). The second-order valence-electron chi connectivity index (χ2n) is 7.14. The molecule has 0 radical (unpaired) electrons. The lowest BCUT2D eigenvalue weighted by atomic mass is 10.0. The quantitative estimate of drug-likeness (QED) is 0.792. The fourth-order valence-corrected chi connectivity index (χ4v) is 3.49. The minimum absolute atomic E-state index is 0.0524. The van der Waals surface area contributed by atoms with Crippen molar-refractivity contribution in [2.75, 3.05) is 44.8 Å². The molecule has 0 spiro atoms. The number of benzene rings is 1. The zero-order valence-corrected chi connectivity index (χ0v) is 17.3. The van der Waals surface area contributed by atoms with Crippen molar-refractivity contribution < 1.29 is 22.7 Å². The Morgan fingerprint density at radius 2 is 2.04 bits per heavy atom. The average Bonchev–Trinajstić information content (AvgIpc) is 2.59. The number of methoxy groups -OCH3 is 1. The van der Waals surface area contributed by atoms with Gasteiger partial charge >= 0.3 is 0 Å². The van der Waals surface area contributed by atoms with Crippen LogP contribution in [0.25, 0.3) is 0 Å². The molecule has 27 heavy (non-hydrogen) atoms. The molecule has 1 amide bonds. The van der Waals surface area contributed by atoms with Crippen molar-refractivity contribution in [2.45, 2.75) is 26.0 Å². The Hall–Kier alpha value is -1.84. The lowest BCUT2D eigenvalue weighted by molar-refractivity contribution is 0.0281. The van der Waals surface area contributed by atoms with Gasteiger partial charge in [0.25, 0.3) is 5.91 Å². The number of hydrogen-bond donors (Lipinski definition) is 2. The third-order valence-corrected chi connectivity index (χ3v) is 5.14. The number of anilines is 1. The highest BCUT2D eigenvalue weighted by atomic mass is 32.2. The Morgan fingerprint density at radius 1 is 1.33 bits per heavy atom. The molecule has 0 saturated heterocycles. The van der Waals surface area contributed by atoms with Gasteiger partial charge < -0.3 is 19.7 Å². The molecule has 1 heterocycles. The summed E-state index contributed by atoms with van der Waals surface area (Å²) in [5.41, 5.74) is 0.731. The van der Waals surface area contributed by atoms with Crippen molar-refractivity contribution in [2.24, 2.45) is 5.92 Å². The Labute approximate surface area is 161 Å². The topological polar surface area (TPSA) is 97.0 Å². The van der Waals surface area contributed by atoms with Crippen LogP contribution < -0.4 is 14.8 Å². The lowest BCUT2D eigenvalue weighted by Gasteiger charge is -2.30. The first-order chi connectivity index (χ1) is 12.6. The van der Waals surface area contributed by atoms with Crippen LogP contribution >= 0.6 is 0 Å². The van der Waals surface area contributed by atoms with Crippen LogP contribution in [0.3, 0.4) is 0 Å². The number of carbonyl (C=O) groups excluding carboxylic acids is 1. The highest BCUT2D eigenvalue weighted by Gasteiger charge is 2.25. The van der Waals surface area contributed by atoms with Crippen molar-refractivity contribution in [1.82, 2.24) is 10.2 Å². The highest BCUT2D eigenvalue weighted by molar-refractivity contribution is 7.92. The van der Waals surface area contributed by atoms with Crippen molar-refractivity contribution in [1.29, 1.82) is 0 Å². The van der Waals surface area contributed by atoms with Crippen molar-refractivity contribution >= 4 is 21.6 Å². The van der Waals surface area contributed by atoms with Crippen LogP contribution in [0.15, 0.2) is 18.2 Å². The maximum absolute atomic E-state index is 12.9. The van der Waals surface area contributed by atoms with E-state index in [4.69, 9.17) is 9.47 Å². The second-order valence-corrected chi connectivity index (χ2v) is 8.89. The van der Waals surface area contributed by atoms with Crippen LogP contribution in [0.2, 0.25) is 0 Å². The molecule has 2 N–H and O–H groups in total. The fraction of sp³-hybridized carbons (Fsp3) is 0.611. The number of likely N-dealkylation sites (N-methyl/N-ethyl adjacent to an activating group) is 1.